The van der Waals surface area contributed by atoms with Crippen molar-refractivity contribution in [3.05, 3.63) is 36.4 Å². The molecule has 0 radical (unpaired) electrons. The Morgan fingerprint density at radius 1 is 1.50 bits per heavy atom. The van der Waals surface area contributed by atoms with E-state index in [4.69, 9.17) is 9.15 Å². The van der Waals surface area contributed by atoms with Gasteiger partial charge in [-0.1, -0.05) is 30.5 Å². The van der Waals surface area contributed by atoms with Gasteiger partial charge in [0.1, 0.15) is 5.52 Å². The minimum atomic E-state index is -0.374. The standard InChI is InChI=1S/C13H13NO3S/c1-3-16-12(15)9(2)8-18-13-14-10-6-4-5-7-11(10)17-13/h4-7H,2-3,8H2,1H3. The zero-order valence-corrected chi connectivity index (χ0v) is 10.8. The Balaban J connectivity index is 1.98. The maximum atomic E-state index is 11.4. The number of para-hydroxylation sites is 2. The highest BCUT2D eigenvalue weighted by Crippen LogP contribution is 2.24. The minimum absolute atomic E-state index is 0.353. The zero-order chi connectivity index (χ0) is 13.0. The van der Waals surface area contributed by atoms with Crippen molar-refractivity contribution in [2.75, 3.05) is 12.4 Å². The number of carbonyl (C=O) groups excluding carboxylic acids is 1. The van der Waals surface area contributed by atoms with Gasteiger partial charge in [0.2, 0.25) is 0 Å². The van der Waals surface area contributed by atoms with Gasteiger partial charge in [-0.05, 0) is 19.1 Å². The van der Waals surface area contributed by atoms with Crippen LogP contribution in [0.4, 0.5) is 0 Å². The van der Waals surface area contributed by atoms with Crippen LogP contribution in [0.1, 0.15) is 6.92 Å². The maximum absolute atomic E-state index is 11.4. The van der Waals surface area contributed by atoms with E-state index < -0.39 is 0 Å². The van der Waals surface area contributed by atoms with Gasteiger partial charge in [0.25, 0.3) is 5.22 Å². The van der Waals surface area contributed by atoms with Crippen LogP contribution < -0.4 is 0 Å². The Morgan fingerprint density at radius 2 is 2.28 bits per heavy atom. The fourth-order valence-electron chi connectivity index (χ4n) is 1.35. The van der Waals surface area contributed by atoms with E-state index in [-0.39, 0.29) is 5.97 Å². The predicted octanol–water partition coefficient (Wildman–Crippen LogP) is 3.04. The first-order chi connectivity index (χ1) is 8.70. The summed E-state index contributed by atoms with van der Waals surface area (Å²) in [5.74, 6) is 0.0344. The molecular weight excluding hydrogens is 250 g/mol. The first kappa shape index (κ1) is 12.7. The number of ether oxygens (including phenoxy) is 1. The Kier molecular flexibility index (Phi) is 4.04. The second-order valence-corrected chi connectivity index (χ2v) is 4.49. The Morgan fingerprint density at radius 3 is 3.00 bits per heavy atom. The molecule has 0 aliphatic rings. The van der Waals surface area contributed by atoms with E-state index in [1.54, 1.807) is 6.92 Å². The third-order valence-corrected chi connectivity index (χ3v) is 3.12. The van der Waals surface area contributed by atoms with Crippen LogP contribution in [0.25, 0.3) is 11.1 Å². The summed E-state index contributed by atoms with van der Waals surface area (Å²) in [6.07, 6.45) is 0. The summed E-state index contributed by atoms with van der Waals surface area (Å²) in [6, 6.07) is 7.52. The van der Waals surface area contributed by atoms with Crippen molar-refractivity contribution in [2.24, 2.45) is 0 Å². The summed E-state index contributed by atoms with van der Waals surface area (Å²) in [4.78, 5) is 15.6. The smallest absolute Gasteiger partial charge is 0.334 e. The number of nitrogens with zero attached hydrogens (tertiary/aromatic N) is 1. The molecule has 2 rings (SSSR count). The molecule has 0 atom stereocenters. The number of esters is 1. The lowest BCUT2D eigenvalue weighted by atomic mass is 10.3. The van der Waals surface area contributed by atoms with Gasteiger partial charge >= 0.3 is 5.97 Å². The predicted molar refractivity (Wildman–Crippen MR) is 70.5 cm³/mol. The molecule has 0 spiro atoms. The van der Waals surface area contributed by atoms with Crippen molar-refractivity contribution < 1.29 is 13.9 Å². The van der Waals surface area contributed by atoms with E-state index in [0.717, 1.165) is 11.1 Å². The van der Waals surface area contributed by atoms with Gasteiger partial charge in [-0.25, -0.2) is 9.78 Å². The molecule has 0 saturated carbocycles. The molecule has 0 saturated heterocycles. The molecule has 0 aliphatic heterocycles. The lowest BCUT2D eigenvalue weighted by Gasteiger charge is -2.02. The van der Waals surface area contributed by atoms with Crippen LogP contribution >= 0.6 is 11.8 Å². The van der Waals surface area contributed by atoms with Crippen LogP contribution in [-0.2, 0) is 9.53 Å². The molecule has 0 fully saturated rings. The van der Waals surface area contributed by atoms with Crippen molar-refractivity contribution in [3.8, 4) is 0 Å². The summed E-state index contributed by atoms with van der Waals surface area (Å²) in [5.41, 5.74) is 1.95. The van der Waals surface area contributed by atoms with Crippen LogP contribution in [0.15, 0.2) is 46.1 Å². The third kappa shape index (κ3) is 2.92. The molecule has 0 aliphatic carbocycles. The van der Waals surface area contributed by atoms with E-state index in [0.29, 0.717) is 23.2 Å². The molecule has 0 unspecified atom stereocenters. The largest absolute Gasteiger partial charge is 0.463 e. The molecule has 1 aromatic heterocycles. The Hall–Kier alpha value is -1.75. The highest BCUT2D eigenvalue weighted by molar-refractivity contribution is 7.99. The first-order valence-electron chi connectivity index (χ1n) is 5.54. The second-order valence-electron chi connectivity index (χ2n) is 3.56. The fourth-order valence-corrected chi connectivity index (χ4v) is 2.08. The van der Waals surface area contributed by atoms with Gasteiger partial charge in [-0.2, -0.15) is 0 Å². The highest BCUT2D eigenvalue weighted by atomic mass is 32.2. The van der Waals surface area contributed by atoms with Crippen molar-refractivity contribution >= 4 is 28.8 Å². The van der Waals surface area contributed by atoms with Gasteiger partial charge in [0, 0.05) is 11.3 Å². The molecule has 0 amide bonds. The summed E-state index contributed by atoms with van der Waals surface area (Å²) in [5, 5.41) is 0.529. The van der Waals surface area contributed by atoms with Crippen LogP contribution in [0.3, 0.4) is 0 Å². The zero-order valence-electron chi connectivity index (χ0n) is 10.0. The fraction of sp³-hybridized carbons (Fsp3) is 0.231. The molecular formula is C13H13NO3S. The monoisotopic (exact) mass is 263 g/mol. The van der Waals surface area contributed by atoms with Crippen molar-refractivity contribution in [1.82, 2.24) is 4.98 Å². The van der Waals surface area contributed by atoms with Gasteiger partial charge < -0.3 is 9.15 Å². The Labute approximate surface area is 109 Å². The summed E-state index contributed by atoms with van der Waals surface area (Å²) < 4.78 is 10.4. The molecule has 4 nitrogen and oxygen atoms in total. The van der Waals surface area contributed by atoms with E-state index in [2.05, 4.69) is 11.6 Å². The summed E-state index contributed by atoms with van der Waals surface area (Å²) in [6.45, 7) is 5.79. The number of thioether (sulfide) groups is 1. The summed E-state index contributed by atoms with van der Waals surface area (Å²) >= 11 is 1.33. The normalized spacial score (nSPS) is 10.5. The lowest BCUT2D eigenvalue weighted by molar-refractivity contribution is -0.138. The molecule has 94 valence electrons. The average Bonchev–Trinajstić information content (AvgIpc) is 2.78. The van der Waals surface area contributed by atoms with Crippen molar-refractivity contribution in [1.29, 1.82) is 0 Å². The highest BCUT2D eigenvalue weighted by Gasteiger charge is 2.11. The van der Waals surface area contributed by atoms with Gasteiger partial charge in [-0.15, -0.1) is 0 Å². The van der Waals surface area contributed by atoms with E-state index >= 15 is 0 Å². The van der Waals surface area contributed by atoms with Crippen molar-refractivity contribution in [3.63, 3.8) is 0 Å². The number of fused-ring (bicyclic) bond motifs is 1. The maximum Gasteiger partial charge on any atom is 0.334 e. The topological polar surface area (TPSA) is 52.3 Å². The SMILES string of the molecule is C=C(CSc1nc2ccccc2o1)C(=O)OCC. The third-order valence-electron chi connectivity index (χ3n) is 2.21. The van der Waals surface area contributed by atoms with E-state index in [1.165, 1.54) is 11.8 Å². The number of hydrogen-bond donors (Lipinski definition) is 0. The molecule has 0 N–H and O–H groups in total. The van der Waals surface area contributed by atoms with E-state index in [1.807, 2.05) is 24.3 Å². The minimum Gasteiger partial charge on any atom is -0.463 e. The number of benzene rings is 1. The van der Waals surface area contributed by atoms with Crippen molar-refractivity contribution in [2.45, 2.75) is 12.1 Å². The number of carbonyl (C=O) groups is 1. The van der Waals surface area contributed by atoms with Crippen LogP contribution in [-0.4, -0.2) is 23.3 Å². The van der Waals surface area contributed by atoms with E-state index in [9.17, 15) is 4.79 Å². The lowest BCUT2D eigenvalue weighted by Crippen LogP contribution is -2.08. The molecule has 18 heavy (non-hydrogen) atoms. The molecule has 5 heteroatoms. The second kappa shape index (κ2) is 5.73. The number of aromatic nitrogens is 1. The molecule has 1 heterocycles. The van der Waals surface area contributed by atoms with Gasteiger partial charge in [-0.3, -0.25) is 0 Å². The number of oxazole rings is 1. The first-order valence-corrected chi connectivity index (χ1v) is 6.52. The Bertz CT molecular complexity index is 543. The summed E-state index contributed by atoms with van der Waals surface area (Å²) in [7, 11) is 0. The van der Waals surface area contributed by atoms with Crippen LogP contribution in [0, 0.1) is 0 Å². The molecule has 2 aromatic rings. The molecule has 1 aromatic carbocycles. The quantitative estimate of drug-likeness (QED) is 0.471. The average molecular weight is 263 g/mol. The number of rotatable bonds is 5. The van der Waals surface area contributed by atoms with Gasteiger partial charge in [0.15, 0.2) is 5.58 Å². The van der Waals surface area contributed by atoms with Crippen LogP contribution in [0.2, 0.25) is 0 Å². The number of hydrogen-bond acceptors (Lipinski definition) is 5. The van der Waals surface area contributed by atoms with Gasteiger partial charge in [0.05, 0.1) is 6.61 Å². The van der Waals surface area contributed by atoms with Crippen LogP contribution in [0.5, 0.6) is 0 Å². The molecule has 0 bridgehead atoms.